The number of aliphatic hydroxyl groups excluding tert-OH is 1. The van der Waals surface area contributed by atoms with Crippen molar-refractivity contribution in [2.45, 2.75) is 32.4 Å². The van der Waals surface area contributed by atoms with Gasteiger partial charge in [0.2, 0.25) is 0 Å². The number of nitrogens with one attached hydrogen (secondary N) is 1. The zero-order valence-corrected chi connectivity index (χ0v) is 8.08. The Balaban J connectivity index is 4.01. The molecule has 0 heterocycles. The van der Waals surface area contributed by atoms with Crippen LogP contribution in [0.2, 0.25) is 0 Å². The Bertz CT molecular complexity index is 187. The molecule has 3 N–H and O–H groups in total. The minimum atomic E-state index is -2.86. The van der Waals surface area contributed by atoms with Gasteiger partial charge in [-0.25, -0.2) is 8.78 Å². The fourth-order valence-corrected chi connectivity index (χ4v) is 0.945. The topological polar surface area (TPSA) is 69.6 Å². The molecule has 2 unspecified atom stereocenters. The van der Waals surface area contributed by atoms with E-state index in [9.17, 15) is 13.6 Å². The van der Waals surface area contributed by atoms with E-state index in [1.54, 1.807) is 13.8 Å². The quantitative estimate of drug-likeness (QED) is 0.591. The largest absolute Gasteiger partial charge is 0.480 e. The summed E-state index contributed by atoms with van der Waals surface area (Å²) in [5, 5.41) is 19.8. The van der Waals surface area contributed by atoms with E-state index in [1.165, 1.54) is 0 Å². The maximum Gasteiger partial charge on any atom is 0.320 e. The second-order valence-corrected chi connectivity index (χ2v) is 3.37. The van der Waals surface area contributed by atoms with Crippen molar-refractivity contribution in [2.24, 2.45) is 5.92 Å². The average Bonchev–Trinajstić information content (AvgIpc) is 2.02. The van der Waals surface area contributed by atoms with E-state index >= 15 is 0 Å². The highest BCUT2D eigenvalue weighted by Crippen LogP contribution is 2.04. The van der Waals surface area contributed by atoms with Crippen LogP contribution < -0.4 is 5.32 Å². The van der Waals surface area contributed by atoms with Gasteiger partial charge in [0.15, 0.2) is 0 Å². The number of hydrogen-bond donors (Lipinski definition) is 3. The lowest BCUT2D eigenvalue weighted by Gasteiger charge is -2.19. The first-order chi connectivity index (χ1) is 6.36. The summed E-state index contributed by atoms with van der Waals surface area (Å²) in [6, 6.07) is -0.914. The molecule has 2 atom stereocenters. The van der Waals surface area contributed by atoms with Crippen molar-refractivity contribution in [2.75, 3.05) is 6.54 Å². The molecule has 0 bridgehead atoms. The third-order valence-corrected chi connectivity index (χ3v) is 1.77. The molecule has 0 amide bonds. The molecule has 0 aromatic heterocycles. The molecule has 6 heteroatoms. The molecule has 4 nitrogen and oxygen atoms in total. The molecular weight excluding hydrogens is 196 g/mol. The summed E-state index contributed by atoms with van der Waals surface area (Å²) in [6.45, 7) is 2.88. The summed E-state index contributed by atoms with van der Waals surface area (Å²) < 4.78 is 23.7. The van der Waals surface area contributed by atoms with Crippen LogP contribution in [0.3, 0.4) is 0 Å². The lowest BCUT2D eigenvalue weighted by atomic mass is 10.0. The summed E-state index contributed by atoms with van der Waals surface area (Å²) in [4.78, 5) is 10.6. The molecule has 0 radical (unpaired) electrons. The summed E-state index contributed by atoms with van der Waals surface area (Å²) in [7, 11) is 0. The van der Waals surface area contributed by atoms with E-state index in [0.717, 1.165) is 0 Å². The van der Waals surface area contributed by atoms with E-state index in [1.807, 2.05) is 0 Å². The zero-order valence-electron chi connectivity index (χ0n) is 8.08. The lowest BCUT2D eigenvalue weighted by molar-refractivity contribution is -0.141. The predicted molar refractivity (Wildman–Crippen MR) is 46.3 cm³/mol. The van der Waals surface area contributed by atoms with Crippen LogP contribution in [-0.4, -0.2) is 41.3 Å². The SMILES string of the molecule is CC(C)C(NCC(O)C(F)F)C(=O)O. The first-order valence-electron chi connectivity index (χ1n) is 4.28. The second-order valence-electron chi connectivity index (χ2n) is 3.37. The first-order valence-corrected chi connectivity index (χ1v) is 4.28. The van der Waals surface area contributed by atoms with Crippen molar-refractivity contribution in [3.8, 4) is 0 Å². The smallest absolute Gasteiger partial charge is 0.320 e. The molecule has 0 aromatic carbocycles. The molecule has 0 aliphatic carbocycles. The Kier molecular flexibility index (Phi) is 5.56. The van der Waals surface area contributed by atoms with Crippen molar-refractivity contribution in [1.82, 2.24) is 5.32 Å². The summed E-state index contributed by atoms with van der Waals surface area (Å²) in [5.41, 5.74) is 0. The van der Waals surface area contributed by atoms with E-state index in [4.69, 9.17) is 10.2 Å². The number of hydrogen-bond acceptors (Lipinski definition) is 3. The van der Waals surface area contributed by atoms with Crippen LogP contribution in [0, 0.1) is 5.92 Å². The number of carboxylic acids is 1. The minimum absolute atomic E-state index is 0.225. The Morgan fingerprint density at radius 2 is 1.93 bits per heavy atom. The van der Waals surface area contributed by atoms with Gasteiger partial charge >= 0.3 is 5.97 Å². The van der Waals surface area contributed by atoms with Gasteiger partial charge < -0.3 is 15.5 Å². The molecule has 14 heavy (non-hydrogen) atoms. The summed E-state index contributed by atoms with van der Waals surface area (Å²) in [6.07, 6.45) is -4.68. The van der Waals surface area contributed by atoms with Gasteiger partial charge in [0, 0.05) is 6.54 Å². The maximum absolute atomic E-state index is 11.8. The second kappa shape index (κ2) is 5.87. The molecule has 0 spiro atoms. The van der Waals surface area contributed by atoms with Crippen LogP contribution in [0.4, 0.5) is 8.78 Å². The molecule has 0 saturated heterocycles. The fraction of sp³-hybridized carbons (Fsp3) is 0.875. The van der Waals surface area contributed by atoms with Crippen LogP contribution in [0.25, 0.3) is 0 Å². The van der Waals surface area contributed by atoms with Crippen LogP contribution in [0.1, 0.15) is 13.8 Å². The fourth-order valence-electron chi connectivity index (χ4n) is 0.945. The normalized spacial score (nSPS) is 15.9. The summed E-state index contributed by atoms with van der Waals surface area (Å²) >= 11 is 0. The van der Waals surface area contributed by atoms with Crippen LogP contribution in [0.15, 0.2) is 0 Å². The molecule has 0 fully saturated rings. The first kappa shape index (κ1) is 13.2. The maximum atomic E-state index is 11.8. The predicted octanol–water partition coefficient (Wildman–Crippen LogP) is 0.311. The number of alkyl halides is 2. The van der Waals surface area contributed by atoms with Crippen molar-refractivity contribution in [3.05, 3.63) is 0 Å². The lowest BCUT2D eigenvalue weighted by Crippen LogP contribution is -2.45. The summed E-state index contributed by atoms with van der Waals surface area (Å²) in [5.74, 6) is -1.33. The van der Waals surface area contributed by atoms with Crippen molar-refractivity contribution < 1.29 is 23.8 Å². The molecular formula is C8H15F2NO3. The molecule has 0 rings (SSSR count). The van der Waals surface area contributed by atoms with Crippen LogP contribution in [-0.2, 0) is 4.79 Å². The van der Waals surface area contributed by atoms with Gasteiger partial charge in [0.25, 0.3) is 6.43 Å². The Morgan fingerprint density at radius 1 is 1.43 bits per heavy atom. The minimum Gasteiger partial charge on any atom is -0.480 e. The molecule has 0 aliphatic heterocycles. The Morgan fingerprint density at radius 3 is 2.21 bits per heavy atom. The van der Waals surface area contributed by atoms with Crippen LogP contribution >= 0.6 is 0 Å². The van der Waals surface area contributed by atoms with Gasteiger partial charge in [0.1, 0.15) is 12.1 Å². The van der Waals surface area contributed by atoms with Crippen molar-refractivity contribution >= 4 is 5.97 Å². The number of aliphatic hydroxyl groups is 1. The number of aliphatic carboxylic acids is 1. The van der Waals surface area contributed by atoms with E-state index in [2.05, 4.69) is 5.32 Å². The zero-order chi connectivity index (χ0) is 11.3. The molecule has 0 saturated carbocycles. The Hall–Kier alpha value is -0.750. The monoisotopic (exact) mass is 211 g/mol. The van der Waals surface area contributed by atoms with Gasteiger partial charge in [0.05, 0.1) is 0 Å². The highest BCUT2D eigenvalue weighted by molar-refractivity contribution is 5.73. The van der Waals surface area contributed by atoms with Gasteiger partial charge in [-0.1, -0.05) is 13.8 Å². The standard InChI is InChI=1S/C8H15F2NO3/c1-4(2)6(8(13)14)11-3-5(12)7(9)10/h4-7,11-12H,3H2,1-2H3,(H,13,14). The molecule has 0 aromatic rings. The van der Waals surface area contributed by atoms with Gasteiger partial charge in [-0.3, -0.25) is 4.79 Å². The van der Waals surface area contributed by atoms with Gasteiger partial charge in [-0.15, -0.1) is 0 Å². The van der Waals surface area contributed by atoms with E-state index in [0.29, 0.717) is 0 Å². The van der Waals surface area contributed by atoms with Gasteiger partial charge in [-0.2, -0.15) is 0 Å². The molecule has 84 valence electrons. The average molecular weight is 211 g/mol. The van der Waals surface area contributed by atoms with Gasteiger partial charge in [-0.05, 0) is 5.92 Å². The highest BCUT2D eigenvalue weighted by atomic mass is 19.3. The molecule has 0 aliphatic rings. The van der Waals surface area contributed by atoms with E-state index < -0.39 is 31.1 Å². The number of rotatable bonds is 6. The van der Waals surface area contributed by atoms with Crippen molar-refractivity contribution in [3.63, 3.8) is 0 Å². The van der Waals surface area contributed by atoms with Crippen LogP contribution in [0.5, 0.6) is 0 Å². The number of halogens is 2. The third-order valence-electron chi connectivity index (χ3n) is 1.77. The van der Waals surface area contributed by atoms with Crippen molar-refractivity contribution in [1.29, 1.82) is 0 Å². The number of carboxylic acid groups (broad SMARTS) is 1. The highest BCUT2D eigenvalue weighted by Gasteiger charge is 2.24. The van der Waals surface area contributed by atoms with E-state index in [-0.39, 0.29) is 5.92 Å². The third kappa shape index (κ3) is 4.48. The number of carbonyl (C=O) groups is 1. The Labute approximate surface area is 80.9 Å².